The average Bonchev–Trinajstić information content (AvgIpc) is 3.32. The molecule has 3 aromatic rings. The summed E-state index contributed by atoms with van der Waals surface area (Å²) in [5, 5.41) is 0.460. The Bertz CT molecular complexity index is 1490. The highest BCUT2D eigenvalue weighted by atomic mass is 35.5. The van der Waals surface area contributed by atoms with Crippen LogP contribution in [0, 0.1) is 0 Å². The normalized spacial score (nSPS) is 14.6. The van der Waals surface area contributed by atoms with Crippen LogP contribution in [0.3, 0.4) is 0 Å². The first-order chi connectivity index (χ1) is 18.1. The van der Waals surface area contributed by atoms with E-state index in [9.17, 15) is 21.6 Å². The minimum absolute atomic E-state index is 0. The maximum Gasteiger partial charge on any atom is 0.228 e. The molecule has 2 aromatic carbocycles. The number of halogens is 1. The SMILES string of the molecule is COc1ccc(S(=O)(=O)CCCC(=O)N(CCN2CCOCC2)c2nc3ccc(S(C)(=O)=O)cc3s2)cc1.Cl. The summed E-state index contributed by atoms with van der Waals surface area (Å²) in [5.74, 6) is 0.167. The summed E-state index contributed by atoms with van der Waals surface area (Å²) in [7, 11) is -5.43. The number of thiazole rings is 1. The lowest BCUT2D eigenvalue weighted by molar-refractivity contribution is -0.118. The number of amides is 1. The van der Waals surface area contributed by atoms with Gasteiger partial charge in [0.15, 0.2) is 24.8 Å². The van der Waals surface area contributed by atoms with Crippen molar-refractivity contribution in [3.8, 4) is 5.75 Å². The van der Waals surface area contributed by atoms with Gasteiger partial charge in [0, 0.05) is 38.9 Å². The van der Waals surface area contributed by atoms with Gasteiger partial charge in [0.25, 0.3) is 0 Å². The number of ether oxygens (including phenoxy) is 2. The van der Waals surface area contributed by atoms with Crippen molar-refractivity contribution < 1.29 is 31.1 Å². The van der Waals surface area contributed by atoms with Crippen molar-refractivity contribution in [1.82, 2.24) is 9.88 Å². The number of hydrogen-bond donors (Lipinski definition) is 0. The molecular formula is C25H32ClN3O7S3. The van der Waals surface area contributed by atoms with Crippen LogP contribution in [-0.2, 0) is 29.2 Å². The number of fused-ring (bicyclic) bond motifs is 1. The molecule has 4 rings (SSSR count). The number of aromatic nitrogens is 1. The number of morpholine rings is 1. The number of anilines is 1. The lowest BCUT2D eigenvalue weighted by Crippen LogP contribution is -2.43. The second-order valence-corrected chi connectivity index (χ2v) is 14.1. The maximum absolute atomic E-state index is 13.4. The fourth-order valence-electron chi connectivity index (χ4n) is 4.08. The predicted octanol–water partition coefficient (Wildman–Crippen LogP) is 3.05. The lowest BCUT2D eigenvalue weighted by Gasteiger charge is -2.29. The third kappa shape index (κ3) is 8.12. The van der Waals surface area contributed by atoms with Gasteiger partial charge >= 0.3 is 0 Å². The van der Waals surface area contributed by atoms with Crippen molar-refractivity contribution in [2.45, 2.75) is 22.6 Å². The minimum atomic E-state index is -3.56. The molecule has 0 spiro atoms. The molecular weight excluding hydrogens is 586 g/mol. The summed E-state index contributed by atoms with van der Waals surface area (Å²) in [6.45, 7) is 3.78. The Labute approximate surface area is 239 Å². The van der Waals surface area contributed by atoms with E-state index in [-0.39, 0.29) is 46.7 Å². The molecule has 0 unspecified atom stereocenters. The standard InChI is InChI=1S/C25H31N3O7S3.ClH/c1-34-19-5-7-20(8-6-19)38(32,33)17-3-4-24(29)28(12-11-27-13-15-35-16-14-27)25-26-22-10-9-21(37(2,30)31)18-23(22)36-25;/h5-10,18H,3-4,11-17H2,1-2H3;1H. The zero-order valence-electron chi connectivity index (χ0n) is 21.7. The van der Waals surface area contributed by atoms with Crippen LogP contribution in [0.2, 0.25) is 0 Å². The van der Waals surface area contributed by atoms with E-state index in [1.165, 1.54) is 36.6 Å². The first-order valence-corrected chi connectivity index (χ1v) is 16.5. The second kappa shape index (κ2) is 13.4. The third-order valence-electron chi connectivity index (χ3n) is 6.27. The van der Waals surface area contributed by atoms with E-state index in [0.29, 0.717) is 47.4 Å². The molecule has 1 aliphatic heterocycles. The Morgan fingerprint density at radius 2 is 1.74 bits per heavy atom. The zero-order chi connectivity index (χ0) is 27.3. The number of rotatable bonds is 11. The summed E-state index contributed by atoms with van der Waals surface area (Å²) in [4.78, 5) is 22.1. The van der Waals surface area contributed by atoms with Crippen LogP contribution >= 0.6 is 23.7 Å². The van der Waals surface area contributed by atoms with Crippen LogP contribution in [0.5, 0.6) is 5.75 Å². The largest absolute Gasteiger partial charge is 0.497 e. The summed E-state index contributed by atoms with van der Waals surface area (Å²) < 4.78 is 60.7. The zero-order valence-corrected chi connectivity index (χ0v) is 25.0. The van der Waals surface area contributed by atoms with Crippen molar-refractivity contribution in [2.24, 2.45) is 0 Å². The fraction of sp³-hybridized carbons (Fsp3) is 0.440. The number of nitrogens with zero attached hydrogens (tertiary/aromatic N) is 3. The number of benzene rings is 2. The number of sulfone groups is 2. The molecule has 214 valence electrons. The van der Waals surface area contributed by atoms with Crippen LogP contribution in [-0.4, -0.2) is 91.1 Å². The molecule has 14 heteroatoms. The molecule has 0 saturated carbocycles. The van der Waals surface area contributed by atoms with Gasteiger partial charge in [-0.3, -0.25) is 14.6 Å². The van der Waals surface area contributed by atoms with Gasteiger partial charge in [0.05, 0.1) is 46.1 Å². The van der Waals surface area contributed by atoms with Crippen LogP contribution in [0.15, 0.2) is 52.3 Å². The molecule has 1 aliphatic rings. The van der Waals surface area contributed by atoms with E-state index in [1.54, 1.807) is 29.2 Å². The van der Waals surface area contributed by atoms with Crippen molar-refractivity contribution >= 4 is 64.7 Å². The smallest absolute Gasteiger partial charge is 0.228 e. The highest BCUT2D eigenvalue weighted by molar-refractivity contribution is 7.91. The highest BCUT2D eigenvalue weighted by Gasteiger charge is 2.23. The van der Waals surface area contributed by atoms with Crippen LogP contribution in [0.1, 0.15) is 12.8 Å². The first-order valence-electron chi connectivity index (χ1n) is 12.1. The van der Waals surface area contributed by atoms with E-state index < -0.39 is 19.7 Å². The molecule has 10 nitrogen and oxygen atoms in total. The van der Waals surface area contributed by atoms with Gasteiger partial charge in [0.1, 0.15) is 5.75 Å². The first kappa shape index (κ1) is 31.2. The molecule has 1 fully saturated rings. The van der Waals surface area contributed by atoms with Gasteiger partial charge in [-0.15, -0.1) is 12.4 Å². The van der Waals surface area contributed by atoms with E-state index in [0.717, 1.165) is 19.3 Å². The number of hydrogen-bond acceptors (Lipinski definition) is 10. The van der Waals surface area contributed by atoms with Crippen molar-refractivity contribution in [1.29, 1.82) is 0 Å². The lowest BCUT2D eigenvalue weighted by atomic mass is 10.3. The number of carbonyl (C=O) groups excluding carboxylic acids is 1. The van der Waals surface area contributed by atoms with Gasteiger partial charge in [-0.2, -0.15) is 0 Å². The predicted molar refractivity (Wildman–Crippen MR) is 154 cm³/mol. The molecule has 0 bridgehead atoms. The van der Waals surface area contributed by atoms with Gasteiger partial charge in [0.2, 0.25) is 5.91 Å². The third-order valence-corrected chi connectivity index (χ3v) is 10.2. The summed E-state index contributed by atoms with van der Waals surface area (Å²) in [5.41, 5.74) is 0.601. The number of methoxy groups -OCH3 is 1. The molecule has 2 heterocycles. The van der Waals surface area contributed by atoms with Crippen LogP contribution in [0.4, 0.5) is 5.13 Å². The quantitative estimate of drug-likeness (QED) is 0.319. The maximum atomic E-state index is 13.4. The molecule has 0 aliphatic carbocycles. The Morgan fingerprint density at radius 3 is 2.38 bits per heavy atom. The minimum Gasteiger partial charge on any atom is -0.497 e. The molecule has 1 amide bonds. The van der Waals surface area contributed by atoms with Crippen molar-refractivity contribution in [2.75, 3.05) is 63.4 Å². The molecule has 0 radical (unpaired) electrons. The molecule has 39 heavy (non-hydrogen) atoms. The summed E-state index contributed by atoms with van der Waals surface area (Å²) in [6, 6.07) is 10.9. The van der Waals surface area contributed by atoms with E-state index in [1.807, 2.05) is 0 Å². The Kier molecular flexibility index (Phi) is 10.7. The average molecular weight is 618 g/mol. The van der Waals surface area contributed by atoms with Gasteiger partial charge in [-0.25, -0.2) is 21.8 Å². The Morgan fingerprint density at radius 1 is 1.08 bits per heavy atom. The monoisotopic (exact) mass is 617 g/mol. The summed E-state index contributed by atoms with van der Waals surface area (Å²) >= 11 is 1.25. The van der Waals surface area contributed by atoms with Crippen molar-refractivity contribution in [3.05, 3.63) is 42.5 Å². The fourth-order valence-corrected chi connectivity index (χ4v) is 7.16. The molecule has 1 aromatic heterocycles. The second-order valence-electron chi connectivity index (χ2n) is 9.00. The Balaban J connectivity index is 0.00000420. The molecule has 1 saturated heterocycles. The highest BCUT2D eigenvalue weighted by Crippen LogP contribution is 2.31. The molecule has 0 N–H and O–H groups in total. The van der Waals surface area contributed by atoms with E-state index in [4.69, 9.17) is 9.47 Å². The van der Waals surface area contributed by atoms with E-state index >= 15 is 0 Å². The van der Waals surface area contributed by atoms with Crippen LogP contribution < -0.4 is 9.64 Å². The number of carbonyl (C=O) groups is 1. The van der Waals surface area contributed by atoms with Gasteiger partial charge in [-0.05, 0) is 48.9 Å². The van der Waals surface area contributed by atoms with E-state index in [2.05, 4.69) is 9.88 Å². The van der Waals surface area contributed by atoms with Crippen LogP contribution in [0.25, 0.3) is 10.2 Å². The Hall–Kier alpha value is -2.29. The molecule has 0 atom stereocenters. The van der Waals surface area contributed by atoms with Crippen molar-refractivity contribution in [3.63, 3.8) is 0 Å². The topological polar surface area (TPSA) is 123 Å². The summed E-state index contributed by atoms with van der Waals surface area (Å²) in [6.07, 6.45) is 1.33. The van der Waals surface area contributed by atoms with Gasteiger partial charge in [-0.1, -0.05) is 11.3 Å². The van der Waals surface area contributed by atoms with Gasteiger partial charge < -0.3 is 9.47 Å².